The Hall–Kier alpha value is -2.39. The fourth-order valence-electron chi connectivity index (χ4n) is 1.99. The van der Waals surface area contributed by atoms with E-state index in [-0.39, 0.29) is 22.1 Å². The first-order valence-electron chi connectivity index (χ1n) is 7.30. The van der Waals surface area contributed by atoms with Gasteiger partial charge in [-0.25, -0.2) is 13.2 Å². The average molecular weight is 383 g/mol. The second kappa shape index (κ2) is 8.13. The molecule has 0 fully saturated rings. The summed E-state index contributed by atoms with van der Waals surface area (Å²) in [7, 11) is -2.74. The van der Waals surface area contributed by atoms with Gasteiger partial charge in [0, 0.05) is 0 Å². The van der Waals surface area contributed by atoms with Crippen molar-refractivity contribution in [2.75, 3.05) is 24.6 Å². The van der Waals surface area contributed by atoms with Gasteiger partial charge in [0.25, 0.3) is 10.0 Å². The summed E-state index contributed by atoms with van der Waals surface area (Å²) in [4.78, 5) is 23.4. The van der Waals surface area contributed by atoms with E-state index in [0.29, 0.717) is 0 Å². The maximum Gasteiger partial charge on any atom is 0.338 e. The van der Waals surface area contributed by atoms with E-state index in [1.54, 1.807) is 18.4 Å². The first kappa shape index (κ1) is 18.9. The number of carbonyl (C=O) groups excluding carboxylic acids is 2. The van der Waals surface area contributed by atoms with Gasteiger partial charge >= 0.3 is 11.9 Å². The van der Waals surface area contributed by atoms with E-state index in [0.717, 1.165) is 15.6 Å². The van der Waals surface area contributed by atoms with Gasteiger partial charge in [0.05, 0.1) is 25.0 Å². The molecule has 0 saturated carbocycles. The molecule has 7 nitrogen and oxygen atoms in total. The van der Waals surface area contributed by atoms with E-state index in [2.05, 4.69) is 4.74 Å². The quantitative estimate of drug-likeness (QED) is 0.682. The zero-order chi connectivity index (χ0) is 18.4. The Morgan fingerprint density at radius 3 is 2.36 bits per heavy atom. The van der Waals surface area contributed by atoms with Gasteiger partial charge in [-0.15, -0.1) is 11.3 Å². The Kier molecular flexibility index (Phi) is 6.16. The molecule has 1 heterocycles. The lowest BCUT2D eigenvalue weighted by molar-refractivity contribution is -0.138. The zero-order valence-corrected chi connectivity index (χ0v) is 15.3. The minimum atomic E-state index is -3.92. The number of sulfonamides is 1. The van der Waals surface area contributed by atoms with Crippen LogP contribution in [0.3, 0.4) is 0 Å². The highest BCUT2D eigenvalue weighted by Crippen LogP contribution is 2.27. The van der Waals surface area contributed by atoms with Crippen molar-refractivity contribution in [1.29, 1.82) is 0 Å². The number of carbonyl (C=O) groups is 2. The number of ether oxygens (including phenoxy) is 2. The Morgan fingerprint density at radius 1 is 1.16 bits per heavy atom. The summed E-state index contributed by atoms with van der Waals surface area (Å²) in [5.41, 5.74) is 0.531. The summed E-state index contributed by atoms with van der Waals surface area (Å²) in [5, 5.41) is 1.63. The molecule has 134 valence electrons. The standard InChI is InChI=1S/C16H17NO6S2/c1-3-23-16(19)12-6-8-13(9-7-12)17(11-14(18)22-2)25(20,21)15-5-4-10-24-15/h4-10H,3,11H2,1-2H3. The third-order valence-corrected chi connectivity index (χ3v) is 6.35. The predicted molar refractivity (Wildman–Crippen MR) is 93.3 cm³/mol. The second-order valence-corrected chi connectivity index (χ2v) is 7.82. The molecule has 0 amide bonds. The maximum atomic E-state index is 12.8. The summed E-state index contributed by atoms with van der Waals surface area (Å²) in [6.07, 6.45) is 0. The molecule has 1 aromatic carbocycles. The van der Waals surface area contributed by atoms with E-state index < -0.39 is 28.5 Å². The monoisotopic (exact) mass is 383 g/mol. The van der Waals surface area contributed by atoms with Crippen LogP contribution in [0.25, 0.3) is 0 Å². The summed E-state index contributed by atoms with van der Waals surface area (Å²) in [6.45, 7) is 1.45. The first-order valence-corrected chi connectivity index (χ1v) is 9.62. The SMILES string of the molecule is CCOC(=O)c1ccc(N(CC(=O)OC)S(=O)(=O)c2cccs2)cc1. The molecule has 2 aromatic rings. The molecule has 1 aromatic heterocycles. The topological polar surface area (TPSA) is 90.0 Å². The van der Waals surface area contributed by atoms with Gasteiger partial charge < -0.3 is 9.47 Å². The Balaban J connectivity index is 2.39. The van der Waals surface area contributed by atoms with Crippen LogP contribution in [-0.4, -0.2) is 40.6 Å². The van der Waals surface area contributed by atoms with Crippen LogP contribution in [-0.2, 0) is 24.3 Å². The molecular formula is C16H17NO6S2. The molecule has 2 rings (SSSR count). The predicted octanol–water partition coefficient (Wildman–Crippen LogP) is 2.29. The highest BCUT2D eigenvalue weighted by atomic mass is 32.2. The molecule has 0 aliphatic heterocycles. The molecule has 0 N–H and O–H groups in total. The molecule has 0 atom stereocenters. The molecule has 0 bridgehead atoms. The molecule has 25 heavy (non-hydrogen) atoms. The first-order chi connectivity index (χ1) is 11.9. The van der Waals surface area contributed by atoms with Crippen molar-refractivity contribution >= 4 is 39.0 Å². The highest BCUT2D eigenvalue weighted by molar-refractivity contribution is 7.94. The number of anilines is 1. The maximum absolute atomic E-state index is 12.8. The molecule has 0 aliphatic carbocycles. The molecule has 9 heteroatoms. The van der Waals surface area contributed by atoms with Crippen LogP contribution in [0, 0.1) is 0 Å². The van der Waals surface area contributed by atoms with Crippen LogP contribution in [0.1, 0.15) is 17.3 Å². The number of hydrogen-bond acceptors (Lipinski definition) is 7. The van der Waals surface area contributed by atoms with Gasteiger partial charge in [0.2, 0.25) is 0 Å². The van der Waals surface area contributed by atoms with Gasteiger partial charge in [0.15, 0.2) is 0 Å². The van der Waals surface area contributed by atoms with Crippen LogP contribution in [0.5, 0.6) is 0 Å². The molecule has 0 spiro atoms. The molecule has 0 radical (unpaired) electrons. The smallest absolute Gasteiger partial charge is 0.338 e. The molecule has 0 saturated heterocycles. The number of methoxy groups -OCH3 is 1. The minimum absolute atomic E-state index is 0.103. The van der Waals surface area contributed by atoms with E-state index in [4.69, 9.17) is 4.74 Å². The van der Waals surface area contributed by atoms with Crippen molar-refractivity contribution in [3.8, 4) is 0 Å². The van der Waals surface area contributed by atoms with E-state index in [9.17, 15) is 18.0 Å². The lowest BCUT2D eigenvalue weighted by Gasteiger charge is -2.22. The zero-order valence-electron chi connectivity index (χ0n) is 13.7. The van der Waals surface area contributed by atoms with Crippen molar-refractivity contribution in [1.82, 2.24) is 0 Å². The summed E-state index contributed by atoms with van der Waals surface area (Å²) < 4.78 is 36.1. The average Bonchev–Trinajstić information content (AvgIpc) is 3.15. The minimum Gasteiger partial charge on any atom is -0.468 e. The molecule has 0 unspecified atom stereocenters. The van der Waals surface area contributed by atoms with Gasteiger partial charge in [-0.05, 0) is 42.6 Å². The van der Waals surface area contributed by atoms with Gasteiger partial charge in [-0.3, -0.25) is 9.10 Å². The summed E-state index contributed by atoms with van der Waals surface area (Å²) in [5.74, 6) is -1.20. The van der Waals surface area contributed by atoms with Crippen molar-refractivity contribution < 1.29 is 27.5 Å². The Labute approximate surface area is 149 Å². The molecule has 0 aliphatic rings. The second-order valence-electron chi connectivity index (χ2n) is 4.79. The fraction of sp³-hybridized carbons (Fsp3) is 0.250. The van der Waals surface area contributed by atoms with Crippen LogP contribution >= 0.6 is 11.3 Å². The van der Waals surface area contributed by atoms with E-state index >= 15 is 0 Å². The van der Waals surface area contributed by atoms with Crippen LogP contribution in [0.2, 0.25) is 0 Å². The van der Waals surface area contributed by atoms with Crippen molar-refractivity contribution in [2.45, 2.75) is 11.1 Å². The number of hydrogen-bond donors (Lipinski definition) is 0. The number of rotatable bonds is 7. The van der Waals surface area contributed by atoms with Crippen molar-refractivity contribution in [3.63, 3.8) is 0 Å². The normalized spacial score (nSPS) is 11.0. The largest absolute Gasteiger partial charge is 0.468 e. The molecular weight excluding hydrogens is 366 g/mol. The Morgan fingerprint density at radius 2 is 1.84 bits per heavy atom. The third kappa shape index (κ3) is 4.37. The van der Waals surface area contributed by atoms with Crippen LogP contribution in [0.15, 0.2) is 46.0 Å². The number of esters is 2. The van der Waals surface area contributed by atoms with Crippen LogP contribution < -0.4 is 4.31 Å². The number of benzene rings is 1. The van der Waals surface area contributed by atoms with Gasteiger partial charge in [0.1, 0.15) is 10.8 Å². The van der Waals surface area contributed by atoms with Gasteiger partial charge in [-0.2, -0.15) is 0 Å². The highest BCUT2D eigenvalue weighted by Gasteiger charge is 2.28. The van der Waals surface area contributed by atoms with Crippen molar-refractivity contribution in [2.24, 2.45) is 0 Å². The third-order valence-electron chi connectivity index (χ3n) is 3.21. The van der Waals surface area contributed by atoms with Gasteiger partial charge in [-0.1, -0.05) is 6.07 Å². The van der Waals surface area contributed by atoms with E-state index in [1.165, 1.54) is 37.4 Å². The van der Waals surface area contributed by atoms with E-state index in [1.807, 2.05) is 0 Å². The summed E-state index contributed by atoms with van der Waals surface area (Å²) >= 11 is 1.05. The lowest BCUT2D eigenvalue weighted by Crippen LogP contribution is -2.36. The lowest BCUT2D eigenvalue weighted by atomic mass is 10.2. The number of thiophene rings is 1. The van der Waals surface area contributed by atoms with Crippen LogP contribution in [0.4, 0.5) is 5.69 Å². The Bertz CT molecular complexity index is 828. The van der Waals surface area contributed by atoms with Crippen molar-refractivity contribution in [3.05, 3.63) is 47.3 Å². The number of nitrogens with zero attached hydrogens (tertiary/aromatic N) is 1. The fourth-order valence-corrected chi connectivity index (χ4v) is 4.51. The summed E-state index contributed by atoms with van der Waals surface area (Å²) in [6, 6.07) is 8.85.